The summed E-state index contributed by atoms with van der Waals surface area (Å²) in [5, 5.41) is 11.1. The maximum Gasteiger partial charge on any atom is 0.329 e. The minimum Gasteiger partial charge on any atom is -0.479 e. The molecule has 0 aliphatic carbocycles. The summed E-state index contributed by atoms with van der Waals surface area (Å²) in [4.78, 5) is 39.4. The number of fused-ring (bicyclic) bond motifs is 1. The SMILES string of the molecule is CCC(=O)CN([C@H]1CCN([C@](C)(C(=O)O)C(C)(C)C)C1=O)S(=O)(=O)c1cc2cc(Cl)ccc2s1. The number of hydrogen-bond donors (Lipinski definition) is 1. The maximum atomic E-state index is 13.7. The van der Waals surface area contributed by atoms with Crippen molar-refractivity contribution in [3.8, 4) is 0 Å². The summed E-state index contributed by atoms with van der Waals surface area (Å²) in [6, 6.07) is 5.34. The molecule has 2 atom stereocenters. The number of carbonyl (C=O) groups is 3. The number of benzene rings is 1. The van der Waals surface area contributed by atoms with Crippen molar-refractivity contribution >= 4 is 60.7 Å². The molecule has 0 saturated carbocycles. The van der Waals surface area contributed by atoms with E-state index in [1.165, 1.54) is 17.9 Å². The molecule has 3 rings (SSSR count). The third kappa shape index (κ3) is 4.48. The summed E-state index contributed by atoms with van der Waals surface area (Å²) < 4.78 is 29.1. The molecule has 1 aliphatic rings. The highest BCUT2D eigenvalue weighted by Gasteiger charge is 2.56. The number of ketones is 1. The van der Waals surface area contributed by atoms with Gasteiger partial charge in [0.2, 0.25) is 5.91 Å². The van der Waals surface area contributed by atoms with Gasteiger partial charge in [0, 0.05) is 22.7 Å². The summed E-state index contributed by atoms with van der Waals surface area (Å²) in [7, 11) is -4.23. The Morgan fingerprint density at radius 2 is 1.88 bits per heavy atom. The summed E-state index contributed by atoms with van der Waals surface area (Å²) in [6.07, 6.45) is 0.193. The van der Waals surface area contributed by atoms with Gasteiger partial charge in [-0.15, -0.1) is 11.3 Å². The first kappa shape index (κ1) is 26.6. The minimum atomic E-state index is -4.23. The summed E-state index contributed by atoms with van der Waals surface area (Å²) >= 11 is 7.07. The first-order valence-electron chi connectivity index (χ1n) is 10.9. The van der Waals surface area contributed by atoms with Crippen LogP contribution in [0.3, 0.4) is 0 Å². The lowest BCUT2D eigenvalue weighted by Crippen LogP contribution is -2.62. The first-order chi connectivity index (χ1) is 15.6. The zero-order valence-electron chi connectivity index (χ0n) is 19.8. The topological polar surface area (TPSA) is 112 Å². The molecule has 1 amide bonds. The van der Waals surface area contributed by atoms with Gasteiger partial charge >= 0.3 is 5.97 Å². The van der Waals surface area contributed by atoms with Crippen molar-refractivity contribution in [1.82, 2.24) is 9.21 Å². The van der Waals surface area contributed by atoms with E-state index in [4.69, 9.17) is 11.6 Å². The Kier molecular flexibility index (Phi) is 7.21. The van der Waals surface area contributed by atoms with Crippen molar-refractivity contribution in [3.63, 3.8) is 0 Å². The van der Waals surface area contributed by atoms with Crippen LogP contribution in [0, 0.1) is 5.41 Å². The predicted octanol–water partition coefficient (Wildman–Crippen LogP) is 4.01. The van der Waals surface area contributed by atoms with Crippen molar-refractivity contribution in [2.24, 2.45) is 5.41 Å². The Balaban J connectivity index is 2.06. The molecule has 0 spiro atoms. The Morgan fingerprint density at radius 3 is 2.44 bits per heavy atom. The van der Waals surface area contributed by atoms with Gasteiger partial charge in [-0.05, 0) is 48.4 Å². The number of nitrogens with zero attached hydrogens (tertiary/aromatic N) is 2. The number of carboxylic acids is 1. The van der Waals surface area contributed by atoms with E-state index in [0.717, 1.165) is 15.6 Å². The minimum absolute atomic E-state index is 0.00302. The predicted molar refractivity (Wildman–Crippen MR) is 132 cm³/mol. The highest BCUT2D eigenvalue weighted by atomic mass is 35.5. The number of carbonyl (C=O) groups excluding carboxylic acids is 2. The van der Waals surface area contributed by atoms with Crippen LogP contribution in [-0.4, -0.2) is 65.1 Å². The van der Waals surface area contributed by atoms with E-state index in [1.807, 2.05) is 0 Å². The molecule has 34 heavy (non-hydrogen) atoms. The summed E-state index contributed by atoms with van der Waals surface area (Å²) in [5.41, 5.74) is -2.38. The van der Waals surface area contributed by atoms with Crippen molar-refractivity contribution < 1.29 is 27.9 Å². The number of likely N-dealkylation sites (tertiary alicyclic amines) is 1. The highest BCUT2D eigenvalue weighted by Crippen LogP contribution is 2.40. The van der Waals surface area contributed by atoms with Gasteiger partial charge in [-0.25, -0.2) is 13.2 Å². The summed E-state index contributed by atoms with van der Waals surface area (Å²) in [6.45, 7) is 7.87. The van der Waals surface area contributed by atoms with Gasteiger partial charge in [0.15, 0.2) is 0 Å². The molecule has 186 valence electrons. The Morgan fingerprint density at radius 1 is 1.24 bits per heavy atom. The van der Waals surface area contributed by atoms with Gasteiger partial charge in [-0.1, -0.05) is 39.3 Å². The lowest BCUT2D eigenvalue weighted by molar-refractivity contribution is -0.164. The van der Waals surface area contributed by atoms with Crippen LogP contribution in [0.25, 0.3) is 10.1 Å². The quantitative estimate of drug-likeness (QED) is 0.554. The van der Waals surface area contributed by atoms with Gasteiger partial charge in [-0.3, -0.25) is 9.59 Å². The zero-order valence-corrected chi connectivity index (χ0v) is 22.2. The molecular formula is C23H29ClN2O6S2. The van der Waals surface area contributed by atoms with E-state index in [9.17, 15) is 27.9 Å². The number of Topliss-reactive ketones (excluding diaryl/α,β-unsaturated/α-hetero) is 1. The molecule has 1 fully saturated rings. The number of amides is 1. The van der Waals surface area contributed by atoms with Crippen LogP contribution in [0.15, 0.2) is 28.5 Å². The van der Waals surface area contributed by atoms with E-state index in [0.29, 0.717) is 15.1 Å². The van der Waals surface area contributed by atoms with Crippen molar-refractivity contribution in [2.45, 2.75) is 63.3 Å². The standard InChI is InChI=1S/C23H29ClN2O6S2/c1-6-16(27)13-26(34(31,32)19-12-14-11-15(24)7-8-18(14)33-19)17-9-10-25(20(17)28)23(5,21(29)30)22(2,3)4/h7-8,11-12,17H,6,9-10,13H2,1-5H3,(H,29,30)/t17-,23+/m0/s1. The van der Waals surface area contributed by atoms with Crippen LogP contribution < -0.4 is 0 Å². The van der Waals surface area contributed by atoms with Crippen LogP contribution in [-0.2, 0) is 24.4 Å². The lowest BCUT2D eigenvalue weighted by Gasteiger charge is -2.45. The molecule has 0 unspecified atom stereocenters. The van der Waals surface area contributed by atoms with Gasteiger partial charge in [0.05, 0.1) is 6.54 Å². The number of carboxylic acid groups (broad SMARTS) is 1. The second-order valence-electron chi connectivity index (χ2n) is 9.61. The van der Waals surface area contributed by atoms with Crippen LogP contribution in [0.4, 0.5) is 0 Å². The number of sulfonamides is 1. The number of rotatable bonds is 8. The second kappa shape index (κ2) is 9.22. The van der Waals surface area contributed by atoms with Crippen LogP contribution >= 0.6 is 22.9 Å². The summed E-state index contributed by atoms with van der Waals surface area (Å²) in [5.74, 6) is -2.12. The fourth-order valence-electron chi connectivity index (χ4n) is 4.10. The van der Waals surface area contributed by atoms with Crippen molar-refractivity contribution in [2.75, 3.05) is 13.1 Å². The number of aliphatic carboxylic acids is 1. The number of hydrogen-bond acceptors (Lipinski definition) is 6. The Hall–Kier alpha value is -2.01. The average molecular weight is 529 g/mol. The monoisotopic (exact) mass is 528 g/mol. The van der Waals surface area contributed by atoms with Crippen LogP contribution in [0.5, 0.6) is 0 Å². The van der Waals surface area contributed by atoms with Crippen molar-refractivity contribution in [3.05, 3.63) is 29.3 Å². The molecule has 0 bridgehead atoms. The third-order valence-corrected chi connectivity index (χ3v) is 10.3. The van der Waals surface area contributed by atoms with Crippen molar-refractivity contribution in [1.29, 1.82) is 0 Å². The van der Waals surface area contributed by atoms with E-state index in [1.54, 1.807) is 45.9 Å². The fraction of sp³-hybridized carbons (Fsp3) is 0.522. The Bertz CT molecular complexity index is 1250. The number of thiophene rings is 1. The van der Waals surface area contributed by atoms with Crippen LogP contribution in [0.2, 0.25) is 5.02 Å². The normalized spacial score (nSPS) is 19.1. The number of halogens is 1. The average Bonchev–Trinajstić information content (AvgIpc) is 3.33. The lowest BCUT2D eigenvalue weighted by atomic mass is 9.73. The van der Waals surface area contributed by atoms with Gasteiger partial charge in [0.1, 0.15) is 21.6 Å². The molecule has 8 nitrogen and oxygen atoms in total. The molecular weight excluding hydrogens is 500 g/mol. The molecule has 2 aromatic rings. The van der Waals surface area contributed by atoms with Gasteiger partial charge in [0.25, 0.3) is 10.0 Å². The van der Waals surface area contributed by atoms with E-state index in [2.05, 4.69) is 0 Å². The molecule has 0 radical (unpaired) electrons. The Labute approximate surface area is 208 Å². The van der Waals surface area contributed by atoms with E-state index in [-0.39, 0.29) is 29.4 Å². The fourth-order valence-corrected chi connectivity index (χ4v) is 7.38. The highest BCUT2D eigenvalue weighted by molar-refractivity contribution is 7.91. The second-order valence-corrected chi connectivity index (χ2v) is 13.2. The molecule has 11 heteroatoms. The smallest absolute Gasteiger partial charge is 0.329 e. The molecule has 1 saturated heterocycles. The third-order valence-electron chi connectivity index (χ3n) is 6.69. The van der Waals surface area contributed by atoms with E-state index >= 15 is 0 Å². The zero-order chi connectivity index (χ0) is 25.6. The molecule has 1 aromatic heterocycles. The molecule has 1 N–H and O–H groups in total. The maximum absolute atomic E-state index is 13.7. The molecule has 1 aliphatic heterocycles. The van der Waals surface area contributed by atoms with E-state index < -0.39 is 45.4 Å². The van der Waals surface area contributed by atoms with Crippen LogP contribution in [0.1, 0.15) is 47.5 Å². The molecule has 2 heterocycles. The largest absolute Gasteiger partial charge is 0.479 e. The molecule has 1 aromatic carbocycles. The first-order valence-corrected chi connectivity index (χ1v) is 13.6. The van der Waals surface area contributed by atoms with Gasteiger partial charge < -0.3 is 10.0 Å². The van der Waals surface area contributed by atoms with Gasteiger partial charge in [-0.2, -0.15) is 4.31 Å².